The Bertz CT molecular complexity index is 549. The maximum absolute atomic E-state index is 11.0. The van der Waals surface area contributed by atoms with Gasteiger partial charge < -0.3 is 9.94 Å². The normalized spacial score (nSPS) is 20.2. The third kappa shape index (κ3) is 1.92. The van der Waals surface area contributed by atoms with Gasteiger partial charge in [0.2, 0.25) is 0 Å². The van der Waals surface area contributed by atoms with Crippen LogP contribution >= 0.6 is 15.9 Å². The topological polar surface area (TPSA) is 58.9 Å². The summed E-state index contributed by atoms with van der Waals surface area (Å²) in [5, 5.41) is 13.2. The van der Waals surface area contributed by atoms with Gasteiger partial charge in [-0.15, -0.1) is 0 Å². The molecule has 3 rings (SSSR count). The van der Waals surface area contributed by atoms with Gasteiger partial charge in [0.1, 0.15) is 5.60 Å². The van der Waals surface area contributed by atoms with E-state index in [-0.39, 0.29) is 11.2 Å². The first-order valence-corrected chi connectivity index (χ1v) is 6.67. The van der Waals surface area contributed by atoms with E-state index in [9.17, 15) is 4.79 Å². The van der Waals surface area contributed by atoms with Crippen LogP contribution in [-0.2, 0) is 4.84 Å². The number of oxime groups is 1. The number of nitrogens with zero attached hydrogens (tertiary/aromatic N) is 1. The number of aromatic carboxylic acids is 1. The highest BCUT2D eigenvalue weighted by Gasteiger charge is 2.44. The van der Waals surface area contributed by atoms with Crippen LogP contribution in [0.1, 0.15) is 41.6 Å². The van der Waals surface area contributed by atoms with Gasteiger partial charge in [0, 0.05) is 16.5 Å². The lowest BCUT2D eigenvalue weighted by Crippen LogP contribution is -2.36. The molecule has 0 bridgehead atoms. The molecule has 2 aliphatic rings. The Morgan fingerprint density at radius 1 is 1.39 bits per heavy atom. The van der Waals surface area contributed by atoms with Crippen LogP contribution in [0.5, 0.6) is 0 Å². The number of carbonyl (C=O) groups is 1. The van der Waals surface area contributed by atoms with E-state index in [0.717, 1.165) is 35.0 Å². The molecule has 0 unspecified atom stereocenters. The van der Waals surface area contributed by atoms with E-state index in [4.69, 9.17) is 9.94 Å². The number of rotatable bonds is 2. The van der Waals surface area contributed by atoms with Crippen LogP contribution < -0.4 is 0 Å². The summed E-state index contributed by atoms with van der Waals surface area (Å²) in [7, 11) is 0. The smallest absolute Gasteiger partial charge is 0.335 e. The van der Waals surface area contributed by atoms with E-state index in [1.165, 1.54) is 6.42 Å². The Hall–Kier alpha value is -1.36. The van der Waals surface area contributed by atoms with Crippen molar-refractivity contribution in [1.82, 2.24) is 0 Å². The second-order valence-corrected chi connectivity index (χ2v) is 5.79. The third-order valence-corrected chi connectivity index (χ3v) is 4.04. The molecule has 1 aromatic rings. The highest BCUT2D eigenvalue weighted by Crippen LogP contribution is 2.43. The van der Waals surface area contributed by atoms with Crippen molar-refractivity contribution in [2.45, 2.75) is 31.3 Å². The lowest BCUT2D eigenvalue weighted by molar-refractivity contribution is -0.0755. The van der Waals surface area contributed by atoms with Crippen LogP contribution in [-0.4, -0.2) is 22.4 Å². The maximum Gasteiger partial charge on any atom is 0.335 e. The van der Waals surface area contributed by atoms with Crippen LogP contribution in [0.3, 0.4) is 0 Å². The predicted molar refractivity (Wildman–Crippen MR) is 69.9 cm³/mol. The lowest BCUT2D eigenvalue weighted by Gasteiger charge is -2.34. The second-order valence-electron chi connectivity index (χ2n) is 4.88. The van der Waals surface area contributed by atoms with Crippen molar-refractivity contribution in [1.29, 1.82) is 0 Å². The summed E-state index contributed by atoms with van der Waals surface area (Å²) >= 11 is 3.33. The van der Waals surface area contributed by atoms with Gasteiger partial charge in [0.25, 0.3) is 0 Å². The molecule has 1 fully saturated rings. The van der Waals surface area contributed by atoms with Crippen molar-refractivity contribution >= 4 is 27.6 Å². The van der Waals surface area contributed by atoms with E-state index in [2.05, 4.69) is 21.1 Å². The molecular weight excluding hydrogens is 298 g/mol. The zero-order valence-electron chi connectivity index (χ0n) is 9.65. The fraction of sp³-hybridized carbons (Fsp3) is 0.385. The number of hydrogen-bond donors (Lipinski definition) is 1. The molecule has 94 valence electrons. The highest BCUT2D eigenvalue weighted by molar-refractivity contribution is 9.10. The fourth-order valence-electron chi connectivity index (χ4n) is 2.40. The molecule has 0 saturated heterocycles. The van der Waals surface area contributed by atoms with Crippen molar-refractivity contribution < 1.29 is 14.7 Å². The molecule has 1 saturated carbocycles. The zero-order chi connectivity index (χ0) is 12.8. The molecule has 18 heavy (non-hydrogen) atoms. The number of halogens is 1. The summed E-state index contributed by atoms with van der Waals surface area (Å²) in [5.74, 6) is -0.935. The predicted octanol–water partition coefficient (Wildman–Crippen LogP) is 3.19. The van der Waals surface area contributed by atoms with Gasteiger partial charge in [0.05, 0.1) is 11.3 Å². The van der Waals surface area contributed by atoms with E-state index in [1.807, 2.05) is 6.07 Å². The molecule has 1 aromatic carbocycles. The van der Waals surface area contributed by atoms with Crippen molar-refractivity contribution in [3.8, 4) is 0 Å². The minimum Gasteiger partial charge on any atom is -0.478 e. The standard InChI is InChI=1S/C13H12BrNO3/c14-10-5-8(4-9(6-10)12(16)17)11-7-13(18-15-11)2-1-3-13/h4-6H,1-3,7H2,(H,16,17). The summed E-state index contributed by atoms with van der Waals surface area (Å²) in [4.78, 5) is 16.5. The molecule has 0 amide bonds. The van der Waals surface area contributed by atoms with Crippen molar-refractivity contribution in [2.75, 3.05) is 0 Å². The highest BCUT2D eigenvalue weighted by atomic mass is 79.9. The van der Waals surface area contributed by atoms with Crippen LogP contribution in [0.4, 0.5) is 0 Å². The summed E-state index contributed by atoms with van der Waals surface area (Å²) in [6.45, 7) is 0. The van der Waals surface area contributed by atoms with E-state index in [0.29, 0.717) is 0 Å². The minimum atomic E-state index is -0.935. The van der Waals surface area contributed by atoms with Gasteiger partial charge in [-0.25, -0.2) is 4.79 Å². The molecule has 1 aliphatic carbocycles. The van der Waals surface area contributed by atoms with Crippen LogP contribution in [0.2, 0.25) is 0 Å². The van der Waals surface area contributed by atoms with E-state index in [1.54, 1.807) is 12.1 Å². The molecule has 0 aromatic heterocycles. The summed E-state index contributed by atoms with van der Waals surface area (Å²) < 4.78 is 0.745. The Morgan fingerprint density at radius 3 is 2.72 bits per heavy atom. The second kappa shape index (κ2) is 4.09. The van der Waals surface area contributed by atoms with Crippen LogP contribution in [0.15, 0.2) is 27.8 Å². The monoisotopic (exact) mass is 309 g/mol. The van der Waals surface area contributed by atoms with Crippen molar-refractivity contribution in [3.05, 3.63) is 33.8 Å². The van der Waals surface area contributed by atoms with Gasteiger partial charge in [-0.1, -0.05) is 21.1 Å². The van der Waals surface area contributed by atoms with Crippen LogP contribution in [0.25, 0.3) is 0 Å². The van der Waals surface area contributed by atoms with Gasteiger partial charge in [-0.05, 0) is 37.5 Å². The quantitative estimate of drug-likeness (QED) is 0.912. The number of benzene rings is 1. The molecule has 1 heterocycles. The number of carboxylic acid groups (broad SMARTS) is 1. The molecular formula is C13H12BrNO3. The Labute approximate surface area is 113 Å². The van der Waals surface area contributed by atoms with E-state index >= 15 is 0 Å². The van der Waals surface area contributed by atoms with Crippen molar-refractivity contribution in [3.63, 3.8) is 0 Å². The number of carboxylic acids is 1. The van der Waals surface area contributed by atoms with E-state index < -0.39 is 5.97 Å². The molecule has 0 atom stereocenters. The lowest BCUT2D eigenvalue weighted by atomic mass is 9.76. The Balaban J connectivity index is 1.91. The molecule has 1 aliphatic heterocycles. The summed E-state index contributed by atoms with van der Waals surface area (Å²) in [6.07, 6.45) is 4.05. The number of hydrogen-bond acceptors (Lipinski definition) is 3. The van der Waals surface area contributed by atoms with Gasteiger partial charge in [0.15, 0.2) is 0 Å². The Kier molecular flexibility index (Phi) is 2.66. The first-order valence-electron chi connectivity index (χ1n) is 5.87. The fourth-order valence-corrected chi connectivity index (χ4v) is 2.89. The zero-order valence-corrected chi connectivity index (χ0v) is 11.2. The molecule has 1 N–H and O–H groups in total. The van der Waals surface area contributed by atoms with Gasteiger partial charge in [-0.2, -0.15) is 0 Å². The average molecular weight is 310 g/mol. The minimum absolute atomic E-state index is 0.0962. The Morgan fingerprint density at radius 2 is 2.17 bits per heavy atom. The largest absolute Gasteiger partial charge is 0.478 e. The third-order valence-electron chi connectivity index (χ3n) is 3.58. The van der Waals surface area contributed by atoms with Crippen LogP contribution in [0, 0.1) is 0 Å². The summed E-state index contributed by atoms with van der Waals surface area (Å²) in [5.41, 5.74) is 1.83. The summed E-state index contributed by atoms with van der Waals surface area (Å²) in [6, 6.07) is 5.11. The average Bonchev–Trinajstić information content (AvgIpc) is 2.72. The van der Waals surface area contributed by atoms with Gasteiger partial charge in [-0.3, -0.25) is 0 Å². The van der Waals surface area contributed by atoms with Crippen molar-refractivity contribution in [2.24, 2.45) is 5.16 Å². The molecule has 5 heteroatoms. The molecule has 1 spiro atoms. The maximum atomic E-state index is 11.0. The van der Waals surface area contributed by atoms with Gasteiger partial charge >= 0.3 is 5.97 Å². The first kappa shape index (κ1) is 11.7. The molecule has 0 radical (unpaired) electrons. The SMILES string of the molecule is O=C(O)c1cc(Br)cc(C2=NOC3(CCC3)C2)c1. The first-order chi connectivity index (χ1) is 8.58. The molecule has 4 nitrogen and oxygen atoms in total.